The first-order chi connectivity index (χ1) is 23.2. The van der Waals surface area contributed by atoms with Crippen LogP contribution in [-0.2, 0) is 12.8 Å². The summed E-state index contributed by atoms with van der Waals surface area (Å²) in [4.78, 5) is 33.9. The van der Waals surface area contributed by atoms with Crippen molar-refractivity contribution >= 4 is 11.8 Å². The van der Waals surface area contributed by atoms with Crippen LogP contribution in [0.25, 0.3) is 0 Å². The fourth-order valence-corrected chi connectivity index (χ4v) is 9.05. The van der Waals surface area contributed by atoms with Crippen LogP contribution in [0.15, 0.2) is 24.3 Å². The quantitative estimate of drug-likeness (QED) is 0.322. The number of methoxy groups -OCH3 is 6. The van der Waals surface area contributed by atoms with E-state index >= 15 is 0 Å². The zero-order valence-corrected chi connectivity index (χ0v) is 29.1. The van der Waals surface area contributed by atoms with E-state index in [4.69, 9.17) is 28.4 Å². The number of benzene rings is 3. The Hall–Kier alpha value is -4.48. The minimum absolute atomic E-state index is 0.101. The van der Waals surface area contributed by atoms with Crippen molar-refractivity contribution in [1.29, 1.82) is 0 Å². The molecule has 2 amide bonds. The van der Waals surface area contributed by atoms with Crippen LogP contribution < -0.4 is 28.4 Å². The van der Waals surface area contributed by atoms with Crippen molar-refractivity contribution < 1.29 is 38.0 Å². The summed E-state index contributed by atoms with van der Waals surface area (Å²) in [5, 5.41) is 0. The van der Waals surface area contributed by atoms with E-state index < -0.39 is 6.04 Å². The SMILES string of the molecule is COc1c(C)c(OC)c(OC)c2c1C[C@H]1[C@@H]3c4c(c(OC)c(C)c(OC)c4OC)C[C@@H](CN1[C@@H]2CN1C(=O)c2ccccc2C1=O)N3C. The summed E-state index contributed by atoms with van der Waals surface area (Å²) < 4.78 is 36.3. The van der Waals surface area contributed by atoms with Crippen molar-refractivity contribution in [2.24, 2.45) is 0 Å². The summed E-state index contributed by atoms with van der Waals surface area (Å²) in [6, 6.07) is 6.47. The van der Waals surface area contributed by atoms with Gasteiger partial charge >= 0.3 is 0 Å². The topological polar surface area (TPSA) is 99.2 Å². The standard InChI is InChI=1S/C37H43N3O8/c1-18-30(43-4)23-14-20-16-39-25(29(38(20)3)28(23)35(48-9)33(18)46-7)15-24-27(34(47-8)32(45-6)19(2)31(24)44-5)26(39)17-40-36(41)21-12-10-11-13-22(21)37(40)42/h10-13,20,25-26,29H,14-17H2,1-9H3/t20-,25-,26+,29+/m0/s1. The highest BCUT2D eigenvalue weighted by Gasteiger charge is 2.54. The first kappa shape index (κ1) is 32.1. The maximum atomic E-state index is 13.8. The lowest BCUT2D eigenvalue weighted by Crippen LogP contribution is -2.64. The number of carbonyl (C=O) groups excluding carboxylic acids is 2. The molecule has 3 aromatic rings. The summed E-state index contributed by atoms with van der Waals surface area (Å²) in [5.41, 5.74) is 6.57. The summed E-state index contributed by atoms with van der Waals surface area (Å²) in [6.45, 7) is 4.79. The molecule has 0 spiro atoms. The van der Waals surface area contributed by atoms with Crippen LogP contribution in [0.2, 0.25) is 0 Å². The molecule has 0 aromatic heterocycles. The molecule has 7 rings (SSSR count). The number of amides is 2. The van der Waals surface area contributed by atoms with E-state index in [0.717, 1.165) is 45.6 Å². The molecule has 0 unspecified atom stereocenters. The molecule has 254 valence electrons. The molecule has 4 aliphatic heterocycles. The van der Waals surface area contributed by atoms with Crippen molar-refractivity contribution in [3.8, 4) is 34.5 Å². The van der Waals surface area contributed by atoms with Gasteiger partial charge in [0.2, 0.25) is 0 Å². The van der Waals surface area contributed by atoms with Gasteiger partial charge < -0.3 is 28.4 Å². The average molecular weight is 658 g/mol. The van der Waals surface area contributed by atoms with E-state index in [9.17, 15) is 9.59 Å². The Kier molecular flexibility index (Phi) is 7.95. The molecule has 1 saturated heterocycles. The number of piperazine rings is 1. The van der Waals surface area contributed by atoms with Gasteiger partial charge in [0.1, 0.15) is 11.5 Å². The van der Waals surface area contributed by atoms with Gasteiger partial charge in [0, 0.05) is 58.6 Å². The fourth-order valence-electron chi connectivity index (χ4n) is 9.05. The second kappa shape index (κ2) is 11.9. The normalized spacial score (nSPS) is 22.8. The fraction of sp³-hybridized carbons (Fsp3) is 0.459. The minimum atomic E-state index is -0.417. The van der Waals surface area contributed by atoms with Crippen LogP contribution in [0.1, 0.15) is 66.2 Å². The van der Waals surface area contributed by atoms with Crippen molar-refractivity contribution in [2.75, 3.05) is 62.8 Å². The average Bonchev–Trinajstić information content (AvgIpc) is 3.32. The molecule has 11 heteroatoms. The third-order valence-electron chi connectivity index (χ3n) is 11.0. The van der Waals surface area contributed by atoms with Gasteiger partial charge in [-0.25, -0.2) is 0 Å². The molecular weight excluding hydrogens is 614 g/mol. The van der Waals surface area contributed by atoms with Crippen LogP contribution in [-0.4, -0.2) is 101 Å². The van der Waals surface area contributed by atoms with Crippen molar-refractivity contribution in [2.45, 2.75) is 50.9 Å². The lowest BCUT2D eigenvalue weighted by atomic mass is 9.73. The number of carbonyl (C=O) groups is 2. The Bertz CT molecular complexity index is 1810. The first-order valence-corrected chi connectivity index (χ1v) is 16.2. The number of imide groups is 1. The number of likely N-dealkylation sites (N-methyl/N-ethyl adjacent to an activating group) is 1. The third kappa shape index (κ3) is 4.26. The molecule has 0 saturated carbocycles. The molecule has 11 nitrogen and oxygen atoms in total. The van der Waals surface area contributed by atoms with Crippen molar-refractivity contribution in [3.05, 3.63) is 68.8 Å². The van der Waals surface area contributed by atoms with Crippen LogP contribution >= 0.6 is 0 Å². The second-order valence-corrected chi connectivity index (χ2v) is 13.0. The van der Waals surface area contributed by atoms with Crippen LogP contribution in [0, 0.1) is 13.8 Å². The molecular formula is C37H43N3O8. The van der Waals surface area contributed by atoms with Gasteiger partial charge in [0.25, 0.3) is 11.8 Å². The zero-order chi connectivity index (χ0) is 34.2. The highest BCUT2D eigenvalue weighted by Crippen LogP contribution is 2.58. The number of rotatable bonds is 8. The van der Waals surface area contributed by atoms with E-state index in [1.165, 1.54) is 4.90 Å². The molecule has 2 bridgehead atoms. The van der Waals surface area contributed by atoms with Crippen LogP contribution in [0.5, 0.6) is 34.5 Å². The van der Waals surface area contributed by atoms with Gasteiger partial charge in [-0.1, -0.05) is 12.1 Å². The molecule has 48 heavy (non-hydrogen) atoms. The summed E-state index contributed by atoms with van der Waals surface area (Å²) >= 11 is 0. The number of fused-ring (bicyclic) bond motifs is 8. The molecule has 1 fully saturated rings. The molecule has 3 aromatic carbocycles. The molecule has 4 heterocycles. The Labute approximate surface area is 281 Å². The first-order valence-electron chi connectivity index (χ1n) is 16.2. The monoisotopic (exact) mass is 657 g/mol. The lowest BCUT2D eigenvalue weighted by molar-refractivity contribution is -0.0525. The number of ether oxygens (including phenoxy) is 6. The molecule has 0 radical (unpaired) electrons. The van der Waals surface area contributed by atoms with Crippen LogP contribution in [0.3, 0.4) is 0 Å². The van der Waals surface area contributed by atoms with Crippen LogP contribution in [0.4, 0.5) is 0 Å². The Balaban J connectivity index is 1.47. The molecule has 4 atom stereocenters. The third-order valence-corrected chi connectivity index (χ3v) is 11.0. The van der Waals surface area contributed by atoms with Gasteiger partial charge in [-0.05, 0) is 45.9 Å². The van der Waals surface area contributed by atoms with E-state index in [0.29, 0.717) is 52.8 Å². The van der Waals surface area contributed by atoms with Gasteiger partial charge in [0.05, 0.1) is 65.9 Å². The smallest absolute Gasteiger partial charge is 0.261 e. The van der Waals surface area contributed by atoms with Crippen molar-refractivity contribution in [3.63, 3.8) is 0 Å². The number of hydrogen-bond acceptors (Lipinski definition) is 10. The van der Waals surface area contributed by atoms with Gasteiger partial charge in [-0.3, -0.25) is 24.3 Å². The summed E-state index contributed by atoms with van der Waals surface area (Å²) in [6.07, 6.45) is 1.33. The lowest BCUT2D eigenvalue weighted by Gasteiger charge is -2.58. The highest BCUT2D eigenvalue weighted by atomic mass is 16.5. The Morgan fingerprint density at radius 2 is 1.15 bits per heavy atom. The van der Waals surface area contributed by atoms with Crippen molar-refractivity contribution in [1.82, 2.24) is 14.7 Å². The number of hydrogen-bond donors (Lipinski definition) is 0. The van der Waals surface area contributed by atoms with Gasteiger partial charge in [-0.15, -0.1) is 0 Å². The summed E-state index contributed by atoms with van der Waals surface area (Å²) in [7, 11) is 12.1. The van der Waals surface area contributed by atoms with E-state index in [1.54, 1.807) is 66.9 Å². The predicted octanol–water partition coefficient (Wildman–Crippen LogP) is 4.53. The van der Waals surface area contributed by atoms with E-state index in [1.807, 2.05) is 13.8 Å². The highest BCUT2D eigenvalue weighted by molar-refractivity contribution is 6.21. The largest absolute Gasteiger partial charge is 0.496 e. The van der Waals surface area contributed by atoms with E-state index in [-0.39, 0.29) is 36.5 Å². The van der Waals surface area contributed by atoms with Gasteiger partial charge in [-0.2, -0.15) is 0 Å². The number of nitrogens with zero attached hydrogens (tertiary/aromatic N) is 3. The second-order valence-electron chi connectivity index (χ2n) is 13.0. The summed E-state index contributed by atoms with van der Waals surface area (Å²) in [5.74, 6) is 3.44. The van der Waals surface area contributed by atoms with E-state index in [2.05, 4.69) is 16.8 Å². The molecule has 4 aliphatic rings. The molecule has 0 aliphatic carbocycles. The predicted molar refractivity (Wildman–Crippen MR) is 178 cm³/mol. The molecule has 0 N–H and O–H groups in total. The minimum Gasteiger partial charge on any atom is -0.496 e. The Morgan fingerprint density at radius 1 is 0.667 bits per heavy atom. The zero-order valence-electron chi connectivity index (χ0n) is 29.1. The van der Waals surface area contributed by atoms with Gasteiger partial charge in [0.15, 0.2) is 23.0 Å². The Morgan fingerprint density at radius 3 is 1.65 bits per heavy atom. The maximum absolute atomic E-state index is 13.8. The maximum Gasteiger partial charge on any atom is 0.261 e.